The molecule has 0 aliphatic heterocycles. The lowest BCUT2D eigenvalue weighted by Gasteiger charge is -2.09. The second kappa shape index (κ2) is 10.1. The predicted octanol–water partition coefficient (Wildman–Crippen LogP) is 3.45. The third kappa shape index (κ3) is 5.52. The monoisotopic (exact) mass is 377 g/mol. The molecule has 0 aliphatic rings. The van der Waals surface area contributed by atoms with Crippen LogP contribution < -0.4 is 5.32 Å². The molecule has 132 valence electrons. The van der Waals surface area contributed by atoms with Crippen molar-refractivity contribution >= 4 is 40.2 Å². The number of rotatable bonds is 5. The van der Waals surface area contributed by atoms with E-state index >= 15 is 0 Å². The van der Waals surface area contributed by atoms with Gasteiger partial charge in [-0.3, -0.25) is 0 Å². The van der Waals surface area contributed by atoms with Crippen molar-refractivity contribution in [1.29, 1.82) is 0 Å². The van der Waals surface area contributed by atoms with Gasteiger partial charge in [0.1, 0.15) is 22.4 Å². The largest absolute Gasteiger partial charge is 0.397 e. The summed E-state index contributed by atoms with van der Waals surface area (Å²) in [6, 6.07) is 10.3. The highest BCUT2D eigenvalue weighted by molar-refractivity contribution is 7.98. The number of hydrogen-bond donors (Lipinski definition) is 2. The van der Waals surface area contributed by atoms with Crippen LogP contribution in [0.15, 0.2) is 41.7 Å². The van der Waals surface area contributed by atoms with Gasteiger partial charge in [-0.25, -0.2) is 15.0 Å². The minimum absolute atomic E-state index is 0.194. The third-order valence-electron chi connectivity index (χ3n) is 3.16. The van der Waals surface area contributed by atoms with E-state index in [2.05, 4.69) is 37.4 Å². The van der Waals surface area contributed by atoms with Crippen molar-refractivity contribution in [1.82, 2.24) is 19.9 Å². The van der Waals surface area contributed by atoms with Gasteiger partial charge in [0, 0.05) is 13.2 Å². The summed E-state index contributed by atoms with van der Waals surface area (Å²) >= 11 is 7.53. The van der Waals surface area contributed by atoms with Crippen molar-refractivity contribution in [2.24, 2.45) is 0 Å². The number of benzene rings is 1. The zero-order valence-corrected chi connectivity index (χ0v) is 15.7. The van der Waals surface area contributed by atoms with E-state index in [-0.39, 0.29) is 11.9 Å². The minimum Gasteiger partial charge on any atom is -0.397 e. The summed E-state index contributed by atoms with van der Waals surface area (Å²) in [5.74, 6) is 0.642. The standard InChI is InChI=1S/C15H14ClN5S.C2H6O/c1-22-14-12-11(18-9-19-14)13(21-15(16)20-12)17-8-7-10-5-3-2-4-6-10;1-2-3/h2-6,9H,7-8H2,1H3,(H,17,20,21);3H,2H2,1H3. The molecule has 0 fully saturated rings. The minimum atomic E-state index is 0.194. The zero-order valence-electron chi connectivity index (χ0n) is 14.1. The Kier molecular flexibility index (Phi) is 7.84. The molecule has 2 heterocycles. The summed E-state index contributed by atoms with van der Waals surface area (Å²) in [5.41, 5.74) is 2.63. The van der Waals surface area contributed by atoms with Gasteiger partial charge in [0.2, 0.25) is 5.28 Å². The highest BCUT2D eigenvalue weighted by Crippen LogP contribution is 2.26. The maximum absolute atomic E-state index is 7.57. The first-order chi connectivity index (χ1) is 12.2. The molecule has 2 N–H and O–H groups in total. The molecule has 1 aromatic carbocycles. The van der Waals surface area contributed by atoms with E-state index in [4.69, 9.17) is 16.7 Å². The first kappa shape index (κ1) is 19.4. The maximum Gasteiger partial charge on any atom is 0.225 e. The molecule has 6 nitrogen and oxygen atoms in total. The van der Waals surface area contributed by atoms with Gasteiger partial charge < -0.3 is 10.4 Å². The van der Waals surface area contributed by atoms with E-state index in [0.717, 1.165) is 18.0 Å². The van der Waals surface area contributed by atoms with Crippen LogP contribution in [0.3, 0.4) is 0 Å². The van der Waals surface area contributed by atoms with Crippen molar-refractivity contribution in [2.45, 2.75) is 18.4 Å². The van der Waals surface area contributed by atoms with Crippen LogP contribution >= 0.6 is 23.4 Å². The smallest absolute Gasteiger partial charge is 0.225 e. The molecule has 0 saturated heterocycles. The number of aliphatic hydroxyl groups excluding tert-OH is 1. The normalized spacial score (nSPS) is 10.2. The molecule has 3 aromatic rings. The molecule has 3 rings (SSSR count). The van der Waals surface area contributed by atoms with Crippen LogP contribution in [0.2, 0.25) is 5.28 Å². The van der Waals surface area contributed by atoms with Gasteiger partial charge in [-0.1, -0.05) is 30.3 Å². The molecule has 0 amide bonds. The fourth-order valence-corrected chi connectivity index (χ4v) is 2.80. The highest BCUT2D eigenvalue weighted by atomic mass is 35.5. The molecule has 0 atom stereocenters. The van der Waals surface area contributed by atoms with Gasteiger partial charge in [-0.15, -0.1) is 11.8 Å². The van der Waals surface area contributed by atoms with Crippen molar-refractivity contribution in [2.75, 3.05) is 24.7 Å². The molecular formula is C17H20ClN5OS. The summed E-state index contributed by atoms with van der Waals surface area (Å²) in [6.45, 7) is 2.67. The molecule has 8 heteroatoms. The van der Waals surface area contributed by atoms with Gasteiger partial charge in [-0.2, -0.15) is 4.98 Å². The van der Waals surface area contributed by atoms with E-state index in [9.17, 15) is 0 Å². The van der Waals surface area contributed by atoms with Gasteiger partial charge in [0.25, 0.3) is 0 Å². The number of halogens is 1. The maximum atomic E-state index is 7.57. The number of aliphatic hydroxyl groups is 1. The number of aromatic nitrogens is 4. The molecular weight excluding hydrogens is 358 g/mol. The molecule has 25 heavy (non-hydrogen) atoms. The van der Waals surface area contributed by atoms with Crippen LogP contribution in [0.1, 0.15) is 12.5 Å². The molecule has 0 saturated carbocycles. The predicted molar refractivity (Wildman–Crippen MR) is 103 cm³/mol. The lowest BCUT2D eigenvalue weighted by Crippen LogP contribution is -2.08. The van der Waals surface area contributed by atoms with Crippen LogP contribution in [-0.4, -0.2) is 44.4 Å². The number of thioether (sulfide) groups is 1. The van der Waals surface area contributed by atoms with Crippen LogP contribution in [0.4, 0.5) is 5.82 Å². The fourth-order valence-electron chi connectivity index (χ4n) is 2.14. The molecule has 0 unspecified atom stereocenters. The Hall–Kier alpha value is -1.96. The number of nitrogens with zero attached hydrogens (tertiary/aromatic N) is 4. The molecule has 2 aromatic heterocycles. The van der Waals surface area contributed by atoms with Gasteiger partial charge >= 0.3 is 0 Å². The summed E-state index contributed by atoms with van der Waals surface area (Å²) in [5, 5.41) is 11.8. The fraction of sp³-hybridized carbons (Fsp3) is 0.294. The summed E-state index contributed by atoms with van der Waals surface area (Å²) in [7, 11) is 0. The van der Waals surface area contributed by atoms with Crippen molar-refractivity contribution in [3.8, 4) is 0 Å². The van der Waals surface area contributed by atoms with E-state index in [1.165, 1.54) is 23.7 Å². The Labute approximate surface area is 156 Å². The van der Waals surface area contributed by atoms with E-state index in [1.54, 1.807) is 6.92 Å². The van der Waals surface area contributed by atoms with Crippen LogP contribution in [-0.2, 0) is 6.42 Å². The molecule has 0 bridgehead atoms. The first-order valence-corrected chi connectivity index (χ1v) is 9.40. The quantitative estimate of drug-likeness (QED) is 0.400. The van der Waals surface area contributed by atoms with Crippen LogP contribution in [0.25, 0.3) is 11.0 Å². The lowest BCUT2D eigenvalue weighted by atomic mass is 10.1. The second-order valence-electron chi connectivity index (χ2n) is 4.90. The summed E-state index contributed by atoms with van der Waals surface area (Å²) in [4.78, 5) is 17.0. The number of fused-ring (bicyclic) bond motifs is 1. The topological polar surface area (TPSA) is 83.8 Å². The highest BCUT2D eigenvalue weighted by Gasteiger charge is 2.12. The molecule has 0 radical (unpaired) electrons. The van der Waals surface area contributed by atoms with Crippen LogP contribution in [0, 0.1) is 0 Å². The van der Waals surface area contributed by atoms with E-state index in [0.29, 0.717) is 16.9 Å². The second-order valence-corrected chi connectivity index (χ2v) is 6.03. The zero-order chi connectivity index (χ0) is 18.1. The van der Waals surface area contributed by atoms with Crippen molar-refractivity contribution < 1.29 is 5.11 Å². The summed E-state index contributed by atoms with van der Waals surface area (Å²) < 4.78 is 0. The van der Waals surface area contributed by atoms with Gasteiger partial charge in [0.15, 0.2) is 5.82 Å². The Morgan fingerprint density at radius 3 is 2.52 bits per heavy atom. The number of hydrogen-bond acceptors (Lipinski definition) is 7. The first-order valence-electron chi connectivity index (χ1n) is 7.80. The average molecular weight is 378 g/mol. The number of anilines is 1. The van der Waals surface area contributed by atoms with Crippen molar-refractivity contribution in [3.05, 3.63) is 47.5 Å². The Morgan fingerprint density at radius 1 is 1.12 bits per heavy atom. The third-order valence-corrected chi connectivity index (χ3v) is 4.02. The molecule has 0 spiro atoms. The Balaban J connectivity index is 0.000000701. The van der Waals surface area contributed by atoms with Gasteiger partial charge in [-0.05, 0) is 36.8 Å². The van der Waals surface area contributed by atoms with E-state index < -0.39 is 0 Å². The Bertz CT molecular complexity index is 804. The molecule has 0 aliphatic carbocycles. The van der Waals surface area contributed by atoms with Crippen LogP contribution in [0.5, 0.6) is 0 Å². The van der Waals surface area contributed by atoms with E-state index in [1.807, 2.05) is 24.5 Å². The van der Waals surface area contributed by atoms with Crippen molar-refractivity contribution in [3.63, 3.8) is 0 Å². The van der Waals surface area contributed by atoms with Gasteiger partial charge in [0.05, 0.1) is 0 Å². The SMILES string of the molecule is CCO.CSc1ncnc2c(NCCc3ccccc3)nc(Cl)nc12. The Morgan fingerprint density at radius 2 is 1.84 bits per heavy atom. The number of nitrogens with one attached hydrogen (secondary N) is 1. The summed E-state index contributed by atoms with van der Waals surface area (Å²) in [6.07, 6.45) is 4.36. The lowest BCUT2D eigenvalue weighted by molar-refractivity contribution is 0.318. The average Bonchev–Trinajstić information content (AvgIpc) is 2.62.